The lowest BCUT2D eigenvalue weighted by atomic mass is 9.98. The molecular weight excluding hydrogens is 443 g/mol. The summed E-state index contributed by atoms with van der Waals surface area (Å²) in [4.78, 5) is 36.0. The van der Waals surface area contributed by atoms with Crippen molar-refractivity contribution in [1.82, 2.24) is 29.9 Å². The second-order valence-corrected chi connectivity index (χ2v) is 8.22. The molecule has 5 heterocycles. The third-order valence-electron chi connectivity index (χ3n) is 6.06. The van der Waals surface area contributed by atoms with E-state index in [1.807, 2.05) is 18.2 Å². The maximum absolute atomic E-state index is 15.2. The molecular formula is C27H19FN6O. The summed E-state index contributed by atoms with van der Waals surface area (Å²) in [5.41, 5.74) is 4.61. The Morgan fingerprint density at radius 2 is 1.83 bits per heavy atom. The van der Waals surface area contributed by atoms with Gasteiger partial charge in [0.05, 0.1) is 23.6 Å². The summed E-state index contributed by atoms with van der Waals surface area (Å²) in [6, 6.07) is 12.7. The molecule has 0 saturated carbocycles. The van der Waals surface area contributed by atoms with E-state index < -0.39 is 5.82 Å². The smallest absolute Gasteiger partial charge is 0.163 e. The summed E-state index contributed by atoms with van der Waals surface area (Å²) in [7, 11) is 0. The number of aromatic amines is 2. The molecule has 170 valence electrons. The predicted octanol–water partition coefficient (Wildman–Crippen LogP) is 5.52. The summed E-state index contributed by atoms with van der Waals surface area (Å²) in [5.74, 6) is 0.346. The lowest BCUT2D eigenvalue weighted by molar-refractivity contribution is 0.0982. The van der Waals surface area contributed by atoms with Gasteiger partial charge in [-0.05, 0) is 23.8 Å². The highest BCUT2D eigenvalue weighted by Gasteiger charge is 2.18. The molecule has 8 heteroatoms. The molecule has 0 amide bonds. The average molecular weight is 462 g/mol. The van der Waals surface area contributed by atoms with Gasteiger partial charge < -0.3 is 9.97 Å². The minimum absolute atomic E-state index is 0.00702. The second kappa shape index (κ2) is 8.57. The van der Waals surface area contributed by atoms with Gasteiger partial charge in [0.2, 0.25) is 0 Å². The number of nitrogens with zero attached hydrogens (tertiary/aromatic N) is 4. The van der Waals surface area contributed by atoms with Crippen LogP contribution < -0.4 is 0 Å². The van der Waals surface area contributed by atoms with Crippen LogP contribution in [0, 0.1) is 5.82 Å². The van der Waals surface area contributed by atoms with Gasteiger partial charge in [-0.25, -0.2) is 14.4 Å². The molecule has 35 heavy (non-hydrogen) atoms. The fraction of sp³-hybridized carbons (Fsp3) is 0.0741. The predicted molar refractivity (Wildman–Crippen MR) is 131 cm³/mol. The summed E-state index contributed by atoms with van der Waals surface area (Å²) in [6.45, 7) is 0. The van der Waals surface area contributed by atoms with Gasteiger partial charge in [-0.1, -0.05) is 24.3 Å². The number of carbonyl (C=O) groups is 1. The number of carbonyl (C=O) groups excluding carboxylic acids is 1. The van der Waals surface area contributed by atoms with Crippen LogP contribution >= 0.6 is 0 Å². The summed E-state index contributed by atoms with van der Waals surface area (Å²) in [5, 5.41) is 1.49. The van der Waals surface area contributed by atoms with Gasteiger partial charge in [0, 0.05) is 65.1 Å². The van der Waals surface area contributed by atoms with E-state index >= 15 is 4.39 Å². The zero-order valence-corrected chi connectivity index (χ0v) is 18.5. The number of nitrogens with one attached hydrogen (secondary N) is 2. The Kier molecular flexibility index (Phi) is 5.11. The molecule has 0 radical (unpaired) electrons. The molecule has 0 bridgehead atoms. The summed E-state index contributed by atoms with van der Waals surface area (Å²) < 4.78 is 15.2. The number of benzene rings is 1. The monoisotopic (exact) mass is 462 g/mol. The molecule has 0 fully saturated rings. The largest absolute Gasteiger partial charge is 0.349 e. The Morgan fingerprint density at radius 3 is 2.60 bits per heavy atom. The molecule has 0 aliphatic heterocycles. The molecule has 1 aromatic carbocycles. The summed E-state index contributed by atoms with van der Waals surface area (Å²) >= 11 is 0. The zero-order chi connectivity index (χ0) is 23.8. The molecule has 0 spiro atoms. The number of pyridine rings is 3. The van der Waals surface area contributed by atoms with Gasteiger partial charge in [0.15, 0.2) is 5.78 Å². The summed E-state index contributed by atoms with van der Waals surface area (Å²) in [6.07, 6.45) is 10.7. The van der Waals surface area contributed by atoms with Gasteiger partial charge in [-0.2, -0.15) is 0 Å². The third kappa shape index (κ3) is 3.85. The van der Waals surface area contributed by atoms with Crippen molar-refractivity contribution in [3.05, 3.63) is 96.9 Å². The number of aryl methyl sites for hydroxylation is 1. The molecule has 0 atom stereocenters. The Morgan fingerprint density at radius 1 is 0.943 bits per heavy atom. The quantitative estimate of drug-likeness (QED) is 0.318. The van der Waals surface area contributed by atoms with Crippen LogP contribution in [0.25, 0.3) is 44.3 Å². The van der Waals surface area contributed by atoms with Crippen molar-refractivity contribution in [3.8, 4) is 22.4 Å². The average Bonchev–Trinajstić information content (AvgIpc) is 3.55. The van der Waals surface area contributed by atoms with Crippen LogP contribution in [0.15, 0.2) is 79.6 Å². The van der Waals surface area contributed by atoms with Crippen LogP contribution in [0.1, 0.15) is 22.6 Å². The number of imidazole rings is 1. The van der Waals surface area contributed by atoms with Crippen molar-refractivity contribution in [3.63, 3.8) is 0 Å². The molecule has 5 aromatic heterocycles. The lowest BCUT2D eigenvalue weighted by Gasteiger charge is -2.08. The first kappa shape index (κ1) is 20.9. The fourth-order valence-electron chi connectivity index (χ4n) is 4.32. The van der Waals surface area contributed by atoms with E-state index in [1.165, 1.54) is 6.20 Å². The van der Waals surface area contributed by atoms with Gasteiger partial charge in [0.1, 0.15) is 17.3 Å². The minimum Gasteiger partial charge on any atom is -0.349 e. The number of rotatable bonds is 6. The van der Waals surface area contributed by atoms with Crippen LogP contribution in [0.4, 0.5) is 4.39 Å². The van der Waals surface area contributed by atoms with Gasteiger partial charge in [-0.3, -0.25) is 14.8 Å². The van der Waals surface area contributed by atoms with E-state index in [2.05, 4.69) is 29.9 Å². The molecule has 2 N–H and O–H groups in total. The fourth-order valence-corrected chi connectivity index (χ4v) is 4.32. The third-order valence-corrected chi connectivity index (χ3v) is 6.06. The van der Waals surface area contributed by atoms with E-state index in [-0.39, 0.29) is 5.78 Å². The zero-order valence-electron chi connectivity index (χ0n) is 18.5. The SMILES string of the molecule is O=C(CCc1ncc[nH]1)c1ccc(-c2c(F)cnc3[nH]c4cnc(-c5cccnc5)cc4c23)cc1. The number of halogens is 1. The number of H-pyrrole nitrogens is 2. The van der Waals surface area contributed by atoms with Gasteiger partial charge >= 0.3 is 0 Å². The molecule has 0 unspecified atom stereocenters. The first-order valence-corrected chi connectivity index (χ1v) is 11.2. The van der Waals surface area contributed by atoms with Crippen LogP contribution in [0.3, 0.4) is 0 Å². The standard InChI is InChI=1S/C27H19FN6O/c28-20-14-33-27-26(19-12-21(32-15-22(19)34-27)18-2-1-9-29-13-18)25(20)17-5-3-16(4-6-17)23(35)7-8-24-30-10-11-31-24/h1-6,9-15H,7-8H2,(H,30,31)(H,33,34). The number of ketones is 1. The van der Waals surface area contributed by atoms with Crippen LogP contribution in [-0.4, -0.2) is 35.7 Å². The van der Waals surface area contributed by atoms with Crippen molar-refractivity contribution >= 4 is 27.7 Å². The Hall–Kier alpha value is -4.72. The first-order valence-electron chi connectivity index (χ1n) is 11.2. The van der Waals surface area contributed by atoms with Crippen molar-refractivity contribution in [2.24, 2.45) is 0 Å². The van der Waals surface area contributed by atoms with Crippen molar-refractivity contribution < 1.29 is 9.18 Å². The molecule has 0 saturated heterocycles. The van der Waals surface area contributed by atoms with Crippen molar-refractivity contribution in [2.75, 3.05) is 0 Å². The maximum Gasteiger partial charge on any atom is 0.163 e. The van der Waals surface area contributed by atoms with E-state index in [0.717, 1.165) is 28.0 Å². The molecule has 0 aliphatic carbocycles. The molecule has 6 aromatic rings. The van der Waals surface area contributed by atoms with Crippen molar-refractivity contribution in [2.45, 2.75) is 12.8 Å². The molecule has 7 nitrogen and oxygen atoms in total. The van der Waals surface area contributed by atoms with E-state index in [9.17, 15) is 4.79 Å². The van der Waals surface area contributed by atoms with Crippen molar-refractivity contribution in [1.29, 1.82) is 0 Å². The highest BCUT2D eigenvalue weighted by molar-refractivity contribution is 6.13. The van der Waals surface area contributed by atoms with E-state index in [0.29, 0.717) is 40.6 Å². The minimum atomic E-state index is -0.435. The normalized spacial score (nSPS) is 11.3. The van der Waals surface area contributed by atoms with E-state index in [4.69, 9.17) is 0 Å². The number of Topliss-reactive ketones (excluding diaryl/α,β-unsaturated/α-hetero) is 1. The highest BCUT2D eigenvalue weighted by atomic mass is 19.1. The molecule has 6 rings (SSSR count). The second-order valence-electron chi connectivity index (χ2n) is 8.22. The Bertz CT molecular complexity index is 1660. The van der Waals surface area contributed by atoms with Crippen LogP contribution in [-0.2, 0) is 6.42 Å². The van der Waals surface area contributed by atoms with Crippen LogP contribution in [0.2, 0.25) is 0 Å². The number of aromatic nitrogens is 6. The first-order chi connectivity index (χ1) is 17.2. The van der Waals surface area contributed by atoms with Crippen LogP contribution in [0.5, 0.6) is 0 Å². The van der Waals surface area contributed by atoms with E-state index in [1.54, 1.807) is 55.2 Å². The van der Waals surface area contributed by atoms with Gasteiger partial charge in [0.25, 0.3) is 0 Å². The number of hydrogen-bond donors (Lipinski definition) is 2. The molecule has 0 aliphatic rings. The number of fused-ring (bicyclic) bond motifs is 3. The van der Waals surface area contributed by atoms with Gasteiger partial charge in [-0.15, -0.1) is 0 Å². The Labute approximate surface area is 199 Å². The Balaban J connectivity index is 1.40. The number of hydrogen-bond acceptors (Lipinski definition) is 5. The lowest BCUT2D eigenvalue weighted by Crippen LogP contribution is -2.02. The maximum atomic E-state index is 15.2. The highest BCUT2D eigenvalue weighted by Crippen LogP contribution is 2.36. The topological polar surface area (TPSA) is 100 Å².